The molecule has 32 heavy (non-hydrogen) atoms. The normalized spacial score (nSPS) is 14.9. The van der Waals surface area contributed by atoms with E-state index in [0.717, 1.165) is 44.4 Å². The summed E-state index contributed by atoms with van der Waals surface area (Å²) < 4.78 is 0. The largest absolute Gasteiger partial charge is 0.508 e. The van der Waals surface area contributed by atoms with E-state index in [0.29, 0.717) is 5.69 Å². The van der Waals surface area contributed by atoms with Gasteiger partial charge in [-0.3, -0.25) is 9.69 Å². The number of aromatic nitrogens is 2. The highest BCUT2D eigenvalue weighted by atomic mass is 16.3. The Hall–Kier alpha value is -3.69. The van der Waals surface area contributed by atoms with E-state index in [2.05, 4.69) is 44.3 Å². The van der Waals surface area contributed by atoms with Gasteiger partial charge in [0.2, 0.25) is 0 Å². The number of likely N-dealkylation sites (N-methyl/N-ethyl adjacent to an activating group) is 1. The fourth-order valence-electron chi connectivity index (χ4n) is 3.61. The van der Waals surface area contributed by atoms with Gasteiger partial charge in [0.05, 0.1) is 11.9 Å². The van der Waals surface area contributed by atoms with Gasteiger partial charge in [-0.1, -0.05) is 24.3 Å². The standard InChI is InChI=1S/C23H26N6O3/c1-28-6-8-29(9-7-28)14-15-2-4-16(5-3-15)20-13-25-22(24)21(27-20)23(32)26-17-10-18(30)12-19(31)11-17/h2-5,10-13,30-31H,6-9,14H2,1H3,(H2,24,25)(H,26,32). The Morgan fingerprint density at radius 1 is 1.06 bits per heavy atom. The van der Waals surface area contributed by atoms with Crippen LogP contribution in [0.2, 0.25) is 0 Å². The van der Waals surface area contributed by atoms with Gasteiger partial charge in [0.1, 0.15) is 11.5 Å². The van der Waals surface area contributed by atoms with Crippen molar-refractivity contribution < 1.29 is 15.0 Å². The molecule has 4 rings (SSSR count). The Balaban J connectivity index is 1.48. The molecule has 0 unspecified atom stereocenters. The molecule has 0 atom stereocenters. The van der Waals surface area contributed by atoms with Crippen LogP contribution in [0.5, 0.6) is 11.5 Å². The van der Waals surface area contributed by atoms with E-state index in [4.69, 9.17) is 5.73 Å². The lowest BCUT2D eigenvalue weighted by molar-refractivity contribution is 0.102. The molecule has 9 nitrogen and oxygen atoms in total. The molecule has 1 saturated heterocycles. The first-order chi connectivity index (χ1) is 15.4. The maximum Gasteiger partial charge on any atom is 0.278 e. The van der Waals surface area contributed by atoms with E-state index in [9.17, 15) is 15.0 Å². The van der Waals surface area contributed by atoms with Crippen molar-refractivity contribution in [1.29, 1.82) is 0 Å². The molecular weight excluding hydrogens is 408 g/mol. The molecule has 0 bridgehead atoms. The Bertz CT molecular complexity index is 1090. The number of hydrogen-bond donors (Lipinski definition) is 4. The number of aromatic hydroxyl groups is 2. The molecule has 1 aromatic heterocycles. The Kier molecular flexibility index (Phi) is 6.20. The van der Waals surface area contributed by atoms with E-state index < -0.39 is 5.91 Å². The lowest BCUT2D eigenvalue weighted by Crippen LogP contribution is -2.43. The highest BCUT2D eigenvalue weighted by Gasteiger charge is 2.17. The van der Waals surface area contributed by atoms with Crippen LogP contribution in [-0.4, -0.2) is 69.1 Å². The second-order valence-corrected chi connectivity index (χ2v) is 7.96. The van der Waals surface area contributed by atoms with Gasteiger partial charge in [0, 0.05) is 62.2 Å². The lowest BCUT2D eigenvalue weighted by Gasteiger charge is -2.32. The van der Waals surface area contributed by atoms with Crippen molar-refractivity contribution in [2.45, 2.75) is 6.54 Å². The van der Waals surface area contributed by atoms with E-state index >= 15 is 0 Å². The molecule has 2 heterocycles. The van der Waals surface area contributed by atoms with Gasteiger partial charge in [-0.05, 0) is 12.6 Å². The summed E-state index contributed by atoms with van der Waals surface area (Å²) in [5.74, 6) is -0.953. The molecule has 0 spiro atoms. The monoisotopic (exact) mass is 434 g/mol. The third-order valence-corrected chi connectivity index (χ3v) is 5.43. The first-order valence-electron chi connectivity index (χ1n) is 10.3. The minimum absolute atomic E-state index is 0.0117. The molecule has 0 saturated carbocycles. The summed E-state index contributed by atoms with van der Waals surface area (Å²) in [7, 11) is 2.14. The lowest BCUT2D eigenvalue weighted by atomic mass is 10.1. The minimum atomic E-state index is -0.589. The van der Waals surface area contributed by atoms with Crippen LogP contribution in [0.1, 0.15) is 16.1 Å². The molecule has 1 aliphatic heterocycles. The van der Waals surface area contributed by atoms with Crippen LogP contribution in [0.15, 0.2) is 48.7 Å². The van der Waals surface area contributed by atoms with Crippen LogP contribution < -0.4 is 11.1 Å². The number of piperazine rings is 1. The van der Waals surface area contributed by atoms with Gasteiger partial charge in [-0.2, -0.15) is 0 Å². The van der Waals surface area contributed by atoms with Gasteiger partial charge in [0.15, 0.2) is 11.5 Å². The molecular formula is C23H26N6O3. The zero-order valence-electron chi connectivity index (χ0n) is 17.8. The predicted molar refractivity (Wildman–Crippen MR) is 122 cm³/mol. The Morgan fingerprint density at radius 2 is 1.72 bits per heavy atom. The topological polar surface area (TPSA) is 128 Å². The highest BCUT2D eigenvalue weighted by molar-refractivity contribution is 6.06. The van der Waals surface area contributed by atoms with Gasteiger partial charge < -0.3 is 26.2 Å². The number of nitrogens with two attached hydrogens (primary N) is 1. The molecule has 166 valence electrons. The van der Waals surface area contributed by atoms with Crippen molar-refractivity contribution in [3.05, 3.63) is 59.9 Å². The quantitative estimate of drug-likeness (QED) is 0.481. The van der Waals surface area contributed by atoms with Crippen molar-refractivity contribution in [2.24, 2.45) is 0 Å². The van der Waals surface area contributed by atoms with Crippen molar-refractivity contribution in [1.82, 2.24) is 19.8 Å². The molecule has 1 aliphatic rings. The zero-order chi connectivity index (χ0) is 22.7. The van der Waals surface area contributed by atoms with Gasteiger partial charge in [-0.15, -0.1) is 0 Å². The number of carbonyl (C=O) groups is 1. The van der Waals surface area contributed by atoms with Crippen molar-refractivity contribution in [3.63, 3.8) is 0 Å². The van der Waals surface area contributed by atoms with Gasteiger partial charge >= 0.3 is 0 Å². The average molecular weight is 435 g/mol. The fourth-order valence-corrected chi connectivity index (χ4v) is 3.61. The van der Waals surface area contributed by atoms with Crippen LogP contribution in [0.3, 0.4) is 0 Å². The summed E-state index contributed by atoms with van der Waals surface area (Å²) in [6.07, 6.45) is 1.53. The van der Waals surface area contributed by atoms with Gasteiger partial charge in [-0.25, -0.2) is 9.97 Å². The third-order valence-electron chi connectivity index (χ3n) is 5.43. The van der Waals surface area contributed by atoms with Gasteiger partial charge in [0.25, 0.3) is 5.91 Å². The average Bonchev–Trinajstić information content (AvgIpc) is 2.75. The highest BCUT2D eigenvalue weighted by Crippen LogP contribution is 2.25. The number of phenolic OH excluding ortho intramolecular Hbond substituents is 2. The van der Waals surface area contributed by atoms with Crippen LogP contribution in [-0.2, 0) is 6.54 Å². The Morgan fingerprint density at radius 3 is 2.38 bits per heavy atom. The number of hydrogen-bond acceptors (Lipinski definition) is 8. The predicted octanol–water partition coefficient (Wildman–Crippen LogP) is 2.14. The number of nitrogens with one attached hydrogen (secondary N) is 1. The number of phenols is 2. The molecule has 0 radical (unpaired) electrons. The summed E-state index contributed by atoms with van der Waals surface area (Å²) in [6.45, 7) is 5.15. The third kappa shape index (κ3) is 5.13. The maximum absolute atomic E-state index is 12.7. The SMILES string of the molecule is CN1CCN(Cc2ccc(-c3cnc(N)c(C(=O)Nc4cc(O)cc(O)c4)n3)cc2)CC1. The minimum Gasteiger partial charge on any atom is -0.508 e. The molecule has 3 aromatic rings. The maximum atomic E-state index is 12.7. The van der Waals surface area contributed by atoms with Crippen LogP contribution in [0.4, 0.5) is 11.5 Å². The molecule has 9 heteroatoms. The van der Waals surface area contributed by atoms with E-state index in [1.54, 1.807) is 0 Å². The first kappa shape index (κ1) is 21.5. The van der Waals surface area contributed by atoms with Crippen LogP contribution in [0, 0.1) is 0 Å². The number of benzene rings is 2. The molecule has 1 fully saturated rings. The first-order valence-corrected chi connectivity index (χ1v) is 10.3. The molecule has 2 aromatic carbocycles. The summed E-state index contributed by atoms with van der Waals surface area (Å²) in [5, 5.41) is 21.8. The number of anilines is 2. The second kappa shape index (κ2) is 9.21. The Labute approximate surface area is 186 Å². The number of nitrogen functional groups attached to an aromatic ring is 1. The summed E-state index contributed by atoms with van der Waals surface area (Å²) in [5.41, 5.74) is 8.61. The summed E-state index contributed by atoms with van der Waals surface area (Å²) >= 11 is 0. The van der Waals surface area contributed by atoms with E-state index in [1.165, 1.54) is 23.9 Å². The molecule has 5 N–H and O–H groups in total. The van der Waals surface area contributed by atoms with Crippen LogP contribution in [0.25, 0.3) is 11.3 Å². The van der Waals surface area contributed by atoms with E-state index in [1.807, 2.05) is 12.1 Å². The van der Waals surface area contributed by atoms with Crippen LogP contribution >= 0.6 is 0 Å². The van der Waals surface area contributed by atoms with Crippen molar-refractivity contribution in [2.75, 3.05) is 44.3 Å². The smallest absolute Gasteiger partial charge is 0.278 e. The zero-order valence-corrected chi connectivity index (χ0v) is 17.8. The molecule has 0 aliphatic carbocycles. The molecule has 1 amide bonds. The number of rotatable bonds is 5. The number of amides is 1. The number of nitrogens with zero attached hydrogens (tertiary/aromatic N) is 4. The van der Waals surface area contributed by atoms with E-state index in [-0.39, 0.29) is 28.7 Å². The second-order valence-electron chi connectivity index (χ2n) is 7.96. The van der Waals surface area contributed by atoms with Crippen molar-refractivity contribution in [3.8, 4) is 22.8 Å². The summed E-state index contributed by atoms with van der Waals surface area (Å²) in [6, 6.07) is 11.8. The summed E-state index contributed by atoms with van der Waals surface area (Å²) in [4.78, 5) is 25.9. The number of carbonyl (C=O) groups excluding carboxylic acids is 1. The van der Waals surface area contributed by atoms with Crippen molar-refractivity contribution >= 4 is 17.4 Å². The fraction of sp³-hybridized carbons (Fsp3) is 0.261.